The lowest BCUT2D eigenvalue weighted by atomic mass is 9.94. The lowest BCUT2D eigenvalue weighted by Crippen LogP contribution is -2.53. The number of rotatable bonds is 24. The molecule has 8 N–H and O–H groups in total. The van der Waals surface area contributed by atoms with Crippen molar-refractivity contribution >= 4 is 41.4 Å². The number of nitrogens with one attached hydrogen (secondary N) is 4. The average Bonchev–Trinajstić information content (AvgIpc) is 3.26. The van der Waals surface area contributed by atoms with Crippen LogP contribution < -0.4 is 21.3 Å². The molecule has 3 rings (SSSR count). The number of likely N-dealkylation sites (N-methyl/N-ethyl adjacent to an activating group) is 2. The molecular weight excluding hydrogens is 825 g/mol. The molecule has 4 bridgehead atoms. The normalized spacial score (nSPS) is 17.2. The zero-order chi connectivity index (χ0) is 47.3. The van der Waals surface area contributed by atoms with E-state index >= 15 is 0 Å². The van der Waals surface area contributed by atoms with E-state index in [0.29, 0.717) is 12.0 Å². The molecule has 0 spiro atoms. The number of fused-ring (bicyclic) bond motifs is 5. The molecule has 2 aromatic rings. The van der Waals surface area contributed by atoms with Crippen molar-refractivity contribution in [2.75, 3.05) is 33.8 Å². The molecule has 64 heavy (non-hydrogen) atoms. The van der Waals surface area contributed by atoms with E-state index in [0.717, 1.165) is 24.2 Å². The second kappa shape index (κ2) is 26.8. The Bertz CT molecular complexity index is 1910. The van der Waals surface area contributed by atoms with Crippen LogP contribution in [0.4, 0.5) is 0 Å². The number of amides is 6. The Hall–Kier alpha value is -5.71. The molecule has 0 saturated carbocycles. The molecule has 354 valence electrons. The molecule has 1 aliphatic rings. The summed E-state index contributed by atoms with van der Waals surface area (Å²) in [5.41, 5.74) is 0.772. The van der Waals surface area contributed by atoms with Gasteiger partial charge in [0.05, 0.1) is 19.1 Å². The Balaban J connectivity index is 1.57. The highest BCUT2D eigenvalue weighted by Crippen LogP contribution is 2.38. The summed E-state index contributed by atoms with van der Waals surface area (Å²) in [5.74, 6) is -6.67. The minimum absolute atomic E-state index is 0.0782. The highest BCUT2D eigenvalue weighted by molar-refractivity contribution is 5.95. The van der Waals surface area contributed by atoms with E-state index in [-0.39, 0.29) is 53.5 Å². The Kier molecular flexibility index (Phi) is 22.0. The zero-order valence-corrected chi connectivity index (χ0v) is 38.1. The Morgan fingerprint density at radius 2 is 1.31 bits per heavy atom. The van der Waals surface area contributed by atoms with Crippen molar-refractivity contribution in [1.82, 2.24) is 31.1 Å². The number of hydrogen-bond acceptors (Lipinski definition) is 10. The lowest BCUT2D eigenvalue weighted by molar-refractivity contribution is -0.143. The van der Waals surface area contributed by atoms with Crippen molar-refractivity contribution in [3.05, 3.63) is 47.5 Å². The number of carboxylic acids is 1. The molecule has 2 aromatic carbocycles. The summed E-state index contributed by atoms with van der Waals surface area (Å²) in [5, 5.41) is 51.5. The molecule has 0 aromatic heterocycles. The lowest BCUT2D eigenvalue weighted by Gasteiger charge is -2.30. The summed E-state index contributed by atoms with van der Waals surface area (Å²) in [4.78, 5) is 93.9. The first-order valence-corrected chi connectivity index (χ1v) is 22.7. The van der Waals surface area contributed by atoms with E-state index in [4.69, 9.17) is 0 Å². The van der Waals surface area contributed by atoms with Crippen molar-refractivity contribution in [3.63, 3.8) is 0 Å². The molecule has 5 atom stereocenters. The van der Waals surface area contributed by atoms with Gasteiger partial charge in [0, 0.05) is 44.6 Å². The summed E-state index contributed by atoms with van der Waals surface area (Å²) in [7, 11) is 2.76. The summed E-state index contributed by atoms with van der Waals surface area (Å²) in [6, 6.07) is 3.03. The van der Waals surface area contributed by atoms with Gasteiger partial charge in [0.15, 0.2) is 0 Å². The highest BCUT2D eigenvalue weighted by atomic mass is 16.4. The molecule has 1 heterocycles. The summed E-state index contributed by atoms with van der Waals surface area (Å²) in [6.45, 7) is 3.70. The van der Waals surface area contributed by atoms with Crippen LogP contribution in [0.15, 0.2) is 36.4 Å². The van der Waals surface area contributed by atoms with Crippen LogP contribution in [-0.4, -0.2) is 124 Å². The third-order valence-corrected chi connectivity index (χ3v) is 11.8. The predicted molar refractivity (Wildman–Crippen MR) is 241 cm³/mol. The number of aliphatic hydroxyl groups is 1. The zero-order valence-electron chi connectivity index (χ0n) is 38.1. The van der Waals surface area contributed by atoms with Crippen LogP contribution in [-0.2, 0) is 40.0 Å². The first-order chi connectivity index (χ1) is 30.5. The molecule has 6 amide bonds. The van der Waals surface area contributed by atoms with Gasteiger partial charge in [0.1, 0.15) is 35.7 Å². The van der Waals surface area contributed by atoms with Gasteiger partial charge < -0.3 is 51.5 Å². The Labute approximate surface area is 376 Å². The second-order valence-electron chi connectivity index (χ2n) is 16.9. The molecule has 1 aliphatic heterocycles. The quantitative estimate of drug-likeness (QED) is 0.0698. The fraction of sp³-hybridized carbons (Fsp3) is 0.596. The van der Waals surface area contributed by atoms with Crippen molar-refractivity contribution in [1.29, 1.82) is 0 Å². The van der Waals surface area contributed by atoms with Crippen LogP contribution in [0.25, 0.3) is 11.1 Å². The van der Waals surface area contributed by atoms with Crippen LogP contribution in [0.5, 0.6) is 11.5 Å². The number of phenols is 2. The number of benzene rings is 2. The number of carbonyl (C=O) groups is 7. The van der Waals surface area contributed by atoms with Gasteiger partial charge in [-0.15, -0.1) is 0 Å². The Morgan fingerprint density at radius 1 is 0.750 bits per heavy atom. The van der Waals surface area contributed by atoms with E-state index in [1.807, 2.05) is 0 Å². The molecule has 17 heteroatoms. The van der Waals surface area contributed by atoms with Crippen LogP contribution in [0, 0.1) is 5.92 Å². The van der Waals surface area contributed by atoms with Crippen molar-refractivity contribution in [3.8, 4) is 22.6 Å². The van der Waals surface area contributed by atoms with Crippen LogP contribution >= 0.6 is 0 Å². The standard InChI is InChI=1S/C47H70N6O11/c1-6-7-8-9-10-11-12-13-14-15-16-17-18-19-40(57)52(4)37(29-54)45(61)48-27-30(2)43(59)49-28-41(58)53(5)42-33-21-23-39(56)35(26-33)34-24-32(20-22-38(34)55)25-36(47(63)64)51-44(60)31(3)50-46(42)62/h20-24,26,30-31,36-37,42,54-56H,6-19,25,27-29H2,1-5H3,(H,48,61)(H,49,59)(H,50,62)(H,51,60)(H,63,64)/t30-,31-,36-,37+,42-/m0/s1. The smallest absolute Gasteiger partial charge is 0.326 e. The summed E-state index contributed by atoms with van der Waals surface area (Å²) in [6.07, 6.45) is 15.3. The number of carboxylic acid groups (broad SMARTS) is 1. The van der Waals surface area contributed by atoms with E-state index in [9.17, 15) is 54.0 Å². The minimum atomic E-state index is -1.45. The predicted octanol–water partition coefficient (Wildman–Crippen LogP) is 4.06. The maximum absolute atomic E-state index is 13.9. The maximum Gasteiger partial charge on any atom is 0.326 e. The monoisotopic (exact) mass is 895 g/mol. The molecule has 0 aliphatic carbocycles. The largest absolute Gasteiger partial charge is 0.507 e. The van der Waals surface area contributed by atoms with Gasteiger partial charge in [0.2, 0.25) is 35.4 Å². The summed E-state index contributed by atoms with van der Waals surface area (Å²) >= 11 is 0. The van der Waals surface area contributed by atoms with Gasteiger partial charge in [-0.05, 0) is 48.7 Å². The van der Waals surface area contributed by atoms with Gasteiger partial charge in [-0.2, -0.15) is 0 Å². The second-order valence-corrected chi connectivity index (χ2v) is 16.9. The number of aromatic hydroxyl groups is 2. The molecule has 17 nitrogen and oxygen atoms in total. The van der Waals surface area contributed by atoms with Gasteiger partial charge >= 0.3 is 5.97 Å². The fourth-order valence-electron chi connectivity index (χ4n) is 7.60. The number of aliphatic carboxylic acids is 1. The number of phenolic OH excluding ortho intramolecular Hbond substituents is 2. The van der Waals surface area contributed by atoms with Crippen molar-refractivity contribution < 1.29 is 54.0 Å². The third-order valence-electron chi connectivity index (χ3n) is 11.8. The van der Waals surface area contributed by atoms with Crippen molar-refractivity contribution in [2.45, 2.75) is 141 Å². The molecule has 0 saturated heterocycles. The van der Waals surface area contributed by atoms with Gasteiger partial charge in [-0.1, -0.05) is 103 Å². The van der Waals surface area contributed by atoms with E-state index in [1.165, 1.54) is 127 Å². The van der Waals surface area contributed by atoms with Gasteiger partial charge in [0.25, 0.3) is 0 Å². The van der Waals surface area contributed by atoms with Crippen LogP contribution in [0.2, 0.25) is 0 Å². The van der Waals surface area contributed by atoms with Crippen molar-refractivity contribution in [2.24, 2.45) is 5.92 Å². The SMILES string of the molecule is CCCCCCCCCCCCCCCC(=O)N(C)[C@H](CO)C(=O)NC[C@H](C)C(=O)NCC(=O)N(C)[C@@H]1C(=O)N[C@@H](C)C(=O)N[C@H](C(=O)O)Cc2ccc(O)c(c2)-c2cc1ccc2O. The number of carbonyl (C=O) groups excluding carboxylic acids is 6. The molecular formula is C47H70N6O11. The molecule has 0 fully saturated rings. The maximum atomic E-state index is 13.9. The fourth-order valence-corrected chi connectivity index (χ4v) is 7.60. The highest BCUT2D eigenvalue weighted by Gasteiger charge is 2.34. The minimum Gasteiger partial charge on any atom is -0.507 e. The van der Waals surface area contributed by atoms with Gasteiger partial charge in [-0.3, -0.25) is 28.8 Å². The number of hydrogen-bond donors (Lipinski definition) is 8. The van der Waals surface area contributed by atoms with Crippen LogP contribution in [0.3, 0.4) is 0 Å². The van der Waals surface area contributed by atoms with E-state index in [1.54, 1.807) is 0 Å². The van der Waals surface area contributed by atoms with Crippen LogP contribution in [0.1, 0.15) is 128 Å². The first-order valence-electron chi connectivity index (χ1n) is 22.7. The van der Waals surface area contributed by atoms with Gasteiger partial charge in [-0.25, -0.2) is 4.79 Å². The number of aliphatic hydroxyl groups excluding tert-OH is 1. The molecule has 0 radical (unpaired) electrons. The first kappa shape index (κ1) is 52.6. The summed E-state index contributed by atoms with van der Waals surface area (Å²) < 4.78 is 0. The van der Waals surface area contributed by atoms with E-state index in [2.05, 4.69) is 28.2 Å². The topological polar surface area (TPSA) is 255 Å². The van der Waals surface area contributed by atoms with E-state index < -0.39 is 78.7 Å². The average molecular weight is 895 g/mol. The molecule has 0 unspecified atom stereocenters. The number of nitrogens with zero attached hydrogens (tertiary/aromatic N) is 2. The Morgan fingerprint density at radius 3 is 1.89 bits per heavy atom. The third kappa shape index (κ3) is 16.1. The number of unbranched alkanes of at least 4 members (excludes halogenated alkanes) is 12.